The van der Waals surface area contributed by atoms with Crippen molar-refractivity contribution in [2.45, 2.75) is 19.3 Å². The highest BCUT2D eigenvalue weighted by atomic mass is 19.1. The van der Waals surface area contributed by atoms with Crippen LogP contribution in [0.25, 0.3) is 0 Å². The van der Waals surface area contributed by atoms with Gasteiger partial charge in [0, 0.05) is 25.3 Å². The number of benzene rings is 1. The average Bonchev–Trinajstić information content (AvgIpc) is 2.45. The second-order valence-electron chi connectivity index (χ2n) is 5.22. The fourth-order valence-electron chi connectivity index (χ4n) is 2.57. The van der Waals surface area contributed by atoms with E-state index < -0.39 is 0 Å². The lowest BCUT2D eigenvalue weighted by Crippen LogP contribution is -2.30. The lowest BCUT2D eigenvalue weighted by molar-refractivity contribution is 0.356. The molecule has 0 atom stereocenters. The molecular weight excluding hydrogens is 243 g/mol. The predicted octanol–water partition coefficient (Wildman–Crippen LogP) is 2.66. The quantitative estimate of drug-likeness (QED) is 0.886. The van der Waals surface area contributed by atoms with E-state index in [0.29, 0.717) is 5.75 Å². The van der Waals surface area contributed by atoms with E-state index >= 15 is 0 Å². The molecule has 4 heteroatoms. The maximum absolute atomic E-state index is 13.6. The molecule has 1 aromatic rings. The SMILES string of the molecule is COc1ccc(N(C)CCC2CCNCC2)cc1F. The van der Waals surface area contributed by atoms with Gasteiger partial charge in [0.2, 0.25) is 0 Å². The summed E-state index contributed by atoms with van der Waals surface area (Å²) in [6, 6.07) is 5.14. The molecule has 0 unspecified atom stereocenters. The van der Waals surface area contributed by atoms with Crippen molar-refractivity contribution in [1.29, 1.82) is 0 Å². The zero-order chi connectivity index (χ0) is 13.7. The highest BCUT2D eigenvalue weighted by Crippen LogP contribution is 2.24. The third-order valence-corrected chi connectivity index (χ3v) is 3.91. The van der Waals surface area contributed by atoms with Crippen LogP contribution >= 0.6 is 0 Å². The van der Waals surface area contributed by atoms with E-state index in [2.05, 4.69) is 10.2 Å². The van der Waals surface area contributed by atoms with Crippen LogP contribution in [0.3, 0.4) is 0 Å². The Bertz CT molecular complexity index is 405. The number of anilines is 1. The molecule has 0 amide bonds. The number of halogens is 1. The Morgan fingerprint density at radius 1 is 1.37 bits per heavy atom. The summed E-state index contributed by atoms with van der Waals surface area (Å²) in [5, 5.41) is 3.38. The van der Waals surface area contributed by atoms with Gasteiger partial charge in [-0.05, 0) is 50.4 Å². The average molecular weight is 266 g/mol. The Morgan fingerprint density at radius 3 is 2.74 bits per heavy atom. The first kappa shape index (κ1) is 14.1. The molecule has 106 valence electrons. The van der Waals surface area contributed by atoms with Crippen LogP contribution in [0.1, 0.15) is 19.3 Å². The minimum absolute atomic E-state index is 0.297. The van der Waals surface area contributed by atoms with Gasteiger partial charge in [0.05, 0.1) is 7.11 Å². The van der Waals surface area contributed by atoms with Gasteiger partial charge < -0.3 is 15.0 Å². The first-order chi connectivity index (χ1) is 9.20. The van der Waals surface area contributed by atoms with Crippen molar-refractivity contribution in [3.8, 4) is 5.75 Å². The molecule has 0 spiro atoms. The van der Waals surface area contributed by atoms with E-state index in [9.17, 15) is 4.39 Å². The van der Waals surface area contributed by atoms with Crippen molar-refractivity contribution < 1.29 is 9.13 Å². The molecule has 1 N–H and O–H groups in total. The molecule has 3 nitrogen and oxygen atoms in total. The number of hydrogen-bond donors (Lipinski definition) is 1. The van der Waals surface area contributed by atoms with Crippen LogP contribution in [0, 0.1) is 11.7 Å². The molecule has 1 aromatic carbocycles. The summed E-state index contributed by atoms with van der Waals surface area (Å²) in [5.74, 6) is 0.802. The molecule has 0 aromatic heterocycles. The summed E-state index contributed by atoms with van der Waals surface area (Å²) in [5.41, 5.74) is 0.909. The zero-order valence-corrected chi connectivity index (χ0v) is 11.8. The number of piperidine rings is 1. The maximum atomic E-state index is 13.6. The van der Waals surface area contributed by atoms with Crippen molar-refractivity contribution in [2.24, 2.45) is 5.92 Å². The summed E-state index contributed by atoms with van der Waals surface area (Å²) in [4.78, 5) is 2.12. The molecule has 1 aliphatic heterocycles. The van der Waals surface area contributed by atoms with Crippen molar-refractivity contribution in [1.82, 2.24) is 5.32 Å². The van der Waals surface area contributed by atoms with Gasteiger partial charge in [0.25, 0.3) is 0 Å². The normalized spacial score (nSPS) is 16.4. The van der Waals surface area contributed by atoms with E-state index in [1.807, 2.05) is 13.1 Å². The lowest BCUT2D eigenvalue weighted by Gasteiger charge is -2.26. The van der Waals surface area contributed by atoms with Crippen molar-refractivity contribution >= 4 is 5.69 Å². The molecule has 0 saturated carbocycles. The van der Waals surface area contributed by atoms with Gasteiger partial charge in [0.15, 0.2) is 11.6 Å². The van der Waals surface area contributed by atoms with Crippen LogP contribution < -0.4 is 15.0 Å². The summed E-state index contributed by atoms with van der Waals surface area (Å²) < 4.78 is 18.6. The van der Waals surface area contributed by atoms with Crippen molar-refractivity contribution in [2.75, 3.05) is 38.7 Å². The Hall–Kier alpha value is -1.29. The van der Waals surface area contributed by atoms with Gasteiger partial charge in [-0.1, -0.05) is 0 Å². The van der Waals surface area contributed by atoms with Gasteiger partial charge in [-0.25, -0.2) is 4.39 Å². The zero-order valence-electron chi connectivity index (χ0n) is 11.8. The Labute approximate surface area is 114 Å². The fourth-order valence-corrected chi connectivity index (χ4v) is 2.57. The summed E-state index contributed by atoms with van der Waals surface area (Å²) in [6.45, 7) is 3.23. The summed E-state index contributed by atoms with van der Waals surface area (Å²) in [6.07, 6.45) is 3.68. The van der Waals surface area contributed by atoms with E-state index in [-0.39, 0.29) is 5.82 Å². The molecule has 1 fully saturated rings. The van der Waals surface area contributed by atoms with Crippen LogP contribution in [0.5, 0.6) is 5.75 Å². The first-order valence-electron chi connectivity index (χ1n) is 6.96. The van der Waals surface area contributed by atoms with E-state index in [4.69, 9.17) is 4.74 Å². The van der Waals surface area contributed by atoms with Crippen molar-refractivity contribution in [3.63, 3.8) is 0 Å². The van der Waals surface area contributed by atoms with Crippen LogP contribution in [-0.4, -0.2) is 33.8 Å². The largest absolute Gasteiger partial charge is 0.494 e. The van der Waals surface area contributed by atoms with Crippen LogP contribution in [-0.2, 0) is 0 Å². The fraction of sp³-hybridized carbons (Fsp3) is 0.600. The maximum Gasteiger partial charge on any atom is 0.167 e. The molecule has 0 bridgehead atoms. The number of rotatable bonds is 5. The van der Waals surface area contributed by atoms with E-state index in [0.717, 1.165) is 31.2 Å². The predicted molar refractivity (Wildman–Crippen MR) is 76.4 cm³/mol. The minimum atomic E-state index is -0.297. The van der Waals surface area contributed by atoms with Crippen LogP contribution in [0.4, 0.5) is 10.1 Å². The Balaban J connectivity index is 1.88. The highest BCUT2D eigenvalue weighted by Gasteiger charge is 2.14. The molecule has 0 aliphatic carbocycles. The van der Waals surface area contributed by atoms with E-state index in [1.165, 1.54) is 26.4 Å². The summed E-state index contributed by atoms with van der Waals surface area (Å²) in [7, 11) is 3.50. The lowest BCUT2D eigenvalue weighted by atomic mass is 9.94. The number of ether oxygens (including phenoxy) is 1. The second kappa shape index (κ2) is 6.75. The Morgan fingerprint density at radius 2 is 2.11 bits per heavy atom. The number of methoxy groups -OCH3 is 1. The first-order valence-corrected chi connectivity index (χ1v) is 6.96. The van der Waals surface area contributed by atoms with Crippen molar-refractivity contribution in [3.05, 3.63) is 24.0 Å². The van der Waals surface area contributed by atoms with Gasteiger partial charge in [0.1, 0.15) is 0 Å². The topological polar surface area (TPSA) is 24.5 Å². The third-order valence-electron chi connectivity index (χ3n) is 3.91. The van der Waals surface area contributed by atoms with Gasteiger partial charge >= 0.3 is 0 Å². The molecule has 19 heavy (non-hydrogen) atoms. The summed E-state index contributed by atoms with van der Waals surface area (Å²) >= 11 is 0. The smallest absolute Gasteiger partial charge is 0.167 e. The number of hydrogen-bond acceptors (Lipinski definition) is 3. The van der Waals surface area contributed by atoms with Gasteiger partial charge in [-0.15, -0.1) is 0 Å². The van der Waals surface area contributed by atoms with Gasteiger partial charge in [-0.3, -0.25) is 0 Å². The Kier molecular flexibility index (Phi) is 5.02. The van der Waals surface area contributed by atoms with Crippen LogP contribution in [0.15, 0.2) is 18.2 Å². The number of nitrogens with zero attached hydrogens (tertiary/aromatic N) is 1. The molecule has 1 saturated heterocycles. The molecule has 1 heterocycles. The standard InChI is InChI=1S/C15H23FN2O/c1-18(10-7-12-5-8-17-9-6-12)13-3-4-15(19-2)14(16)11-13/h3-4,11-12,17H,5-10H2,1-2H3. The molecule has 1 aliphatic rings. The van der Waals surface area contributed by atoms with Gasteiger partial charge in [-0.2, -0.15) is 0 Å². The molecular formula is C15H23FN2O. The second-order valence-corrected chi connectivity index (χ2v) is 5.22. The monoisotopic (exact) mass is 266 g/mol. The third kappa shape index (κ3) is 3.83. The minimum Gasteiger partial charge on any atom is -0.494 e. The molecule has 0 radical (unpaired) electrons. The highest BCUT2D eigenvalue weighted by molar-refractivity contribution is 5.49. The molecule has 2 rings (SSSR count). The van der Waals surface area contributed by atoms with E-state index in [1.54, 1.807) is 12.1 Å². The number of nitrogens with one attached hydrogen (secondary N) is 1. The van der Waals surface area contributed by atoms with Crippen LogP contribution in [0.2, 0.25) is 0 Å².